The lowest BCUT2D eigenvalue weighted by Gasteiger charge is -2.10. The molecule has 2 amide bonds. The van der Waals surface area contributed by atoms with Crippen LogP contribution in [0.3, 0.4) is 0 Å². The maximum absolute atomic E-state index is 12.7. The average molecular weight is 424 g/mol. The lowest BCUT2D eigenvalue weighted by molar-refractivity contribution is -0.147. The number of alkyl halides is 3. The van der Waals surface area contributed by atoms with Crippen molar-refractivity contribution < 1.29 is 37.0 Å². The molecular weight excluding hydrogens is 405 g/mol. The summed E-state index contributed by atoms with van der Waals surface area (Å²) in [6.07, 6.45) is -4.97. The number of rotatable bonds is 8. The van der Waals surface area contributed by atoms with E-state index < -0.39 is 36.1 Å². The SMILES string of the molecule is COc1ccc(NC(=O)CCC(=O)OCC(=O)Nc2cccc(C(F)(F)F)c2)cc1. The molecule has 2 N–H and O–H groups in total. The molecule has 0 aliphatic rings. The fourth-order valence-electron chi connectivity index (χ4n) is 2.30. The van der Waals surface area contributed by atoms with Gasteiger partial charge >= 0.3 is 12.1 Å². The van der Waals surface area contributed by atoms with E-state index in [0.717, 1.165) is 18.2 Å². The Morgan fingerprint density at radius 2 is 1.57 bits per heavy atom. The molecule has 2 aromatic carbocycles. The summed E-state index contributed by atoms with van der Waals surface area (Å²) in [5.41, 5.74) is -0.473. The first-order valence-electron chi connectivity index (χ1n) is 8.74. The molecule has 2 aromatic rings. The Bertz CT molecular complexity index is 898. The number of ether oxygens (including phenoxy) is 2. The zero-order chi connectivity index (χ0) is 22.1. The number of carbonyl (C=O) groups is 3. The van der Waals surface area contributed by atoms with E-state index >= 15 is 0 Å². The summed E-state index contributed by atoms with van der Waals surface area (Å²) in [6, 6.07) is 10.6. The fourth-order valence-corrected chi connectivity index (χ4v) is 2.30. The van der Waals surface area contributed by atoms with E-state index in [9.17, 15) is 27.6 Å². The Labute approximate surface area is 170 Å². The van der Waals surface area contributed by atoms with Gasteiger partial charge in [0.05, 0.1) is 19.1 Å². The quantitative estimate of drug-likeness (QED) is 0.632. The number of carbonyl (C=O) groups excluding carboxylic acids is 3. The standard InChI is InChI=1S/C20H19F3N2O5/c1-29-16-7-5-14(6-8-16)24-17(26)9-10-19(28)30-12-18(27)25-15-4-2-3-13(11-15)20(21,22)23/h2-8,11H,9-10,12H2,1H3,(H,24,26)(H,25,27). The highest BCUT2D eigenvalue weighted by Gasteiger charge is 2.30. The van der Waals surface area contributed by atoms with Crippen molar-refractivity contribution in [2.75, 3.05) is 24.4 Å². The van der Waals surface area contributed by atoms with Crippen LogP contribution in [0.4, 0.5) is 24.5 Å². The van der Waals surface area contributed by atoms with Crippen LogP contribution >= 0.6 is 0 Å². The summed E-state index contributed by atoms with van der Waals surface area (Å²) < 4.78 is 47.7. The fraction of sp³-hybridized carbons (Fsp3) is 0.250. The number of hydrogen-bond donors (Lipinski definition) is 2. The molecular formula is C20H19F3N2O5. The van der Waals surface area contributed by atoms with Gasteiger partial charge in [-0.1, -0.05) is 6.07 Å². The zero-order valence-corrected chi connectivity index (χ0v) is 15.9. The van der Waals surface area contributed by atoms with E-state index in [2.05, 4.69) is 10.6 Å². The van der Waals surface area contributed by atoms with Crippen LogP contribution in [-0.4, -0.2) is 31.5 Å². The van der Waals surface area contributed by atoms with E-state index in [-0.39, 0.29) is 18.5 Å². The monoisotopic (exact) mass is 424 g/mol. The van der Waals surface area contributed by atoms with E-state index in [0.29, 0.717) is 11.4 Å². The number of halogens is 3. The highest BCUT2D eigenvalue weighted by Crippen LogP contribution is 2.30. The summed E-state index contributed by atoms with van der Waals surface area (Å²) in [5, 5.41) is 4.80. The first-order valence-corrected chi connectivity index (χ1v) is 8.74. The molecule has 0 saturated heterocycles. The van der Waals surface area contributed by atoms with Crippen molar-refractivity contribution >= 4 is 29.2 Å². The molecule has 0 unspecified atom stereocenters. The van der Waals surface area contributed by atoms with E-state index in [4.69, 9.17) is 9.47 Å². The molecule has 30 heavy (non-hydrogen) atoms. The number of benzene rings is 2. The Morgan fingerprint density at radius 1 is 0.900 bits per heavy atom. The molecule has 0 aliphatic carbocycles. The van der Waals surface area contributed by atoms with Crippen LogP contribution in [0, 0.1) is 0 Å². The van der Waals surface area contributed by atoms with Gasteiger partial charge in [-0.15, -0.1) is 0 Å². The normalized spacial score (nSPS) is 10.8. The summed E-state index contributed by atoms with van der Waals surface area (Å²) in [4.78, 5) is 35.3. The van der Waals surface area contributed by atoms with Crippen LogP contribution in [0.25, 0.3) is 0 Å². The van der Waals surface area contributed by atoms with Crippen LogP contribution in [0.5, 0.6) is 5.75 Å². The van der Waals surface area contributed by atoms with Gasteiger partial charge in [-0.3, -0.25) is 14.4 Å². The van der Waals surface area contributed by atoms with Crippen molar-refractivity contribution in [3.8, 4) is 5.75 Å². The second-order valence-electron chi connectivity index (χ2n) is 6.06. The Kier molecular flexibility index (Phi) is 7.79. The maximum Gasteiger partial charge on any atom is 0.416 e. The molecule has 2 rings (SSSR count). The highest BCUT2D eigenvalue weighted by molar-refractivity contribution is 5.94. The second-order valence-corrected chi connectivity index (χ2v) is 6.06. The maximum atomic E-state index is 12.7. The number of amides is 2. The molecule has 0 radical (unpaired) electrons. The van der Waals surface area contributed by atoms with Crippen LogP contribution < -0.4 is 15.4 Å². The Hall–Kier alpha value is -3.56. The third kappa shape index (κ3) is 7.46. The topological polar surface area (TPSA) is 93.7 Å². The van der Waals surface area contributed by atoms with Crippen molar-refractivity contribution in [1.82, 2.24) is 0 Å². The Morgan fingerprint density at radius 3 is 2.20 bits per heavy atom. The minimum atomic E-state index is -4.54. The molecule has 10 heteroatoms. The van der Waals surface area contributed by atoms with Crippen LogP contribution in [0.15, 0.2) is 48.5 Å². The average Bonchev–Trinajstić information content (AvgIpc) is 2.71. The van der Waals surface area contributed by atoms with Gasteiger partial charge in [0.15, 0.2) is 6.61 Å². The van der Waals surface area contributed by atoms with Crippen molar-refractivity contribution in [3.63, 3.8) is 0 Å². The molecule has 7 nitrogen and oxygen atoms in total. The smallest absolute Gasteiger partial charge is 0.416 e. The highest BCUT2D eigenvalue weighted by atomic mass is 19.4. The zero-order valence-electron chi connectivity index (χ0n) is 15.9. The molecule has 0 saturated carbocycles. The molecule has 0 atom stereocenters. The predicted octanol–water partition coefficient (Wildman–Crippen LogP) is 3.61. The van der Waals surface area contributed by atoms with Crippen molar-refractivity contribution in [2.45, 2.75) is 19.0 Å². The van der Waals surface area contributed by atoms with Gasteiger partial charge in [0.25, 0.3) is 5.91 Å². The molecule has 0 fully saturated rings. The van der Waals surface area contributed by atoms with Gasteiger partial charge in [0, 0.05) is 17.8 Å². The summed E-state index contributed by atoms with van der Waals surface area (Å²) in [7, 11) is 1.51. The van der Waals surface area contributed by atoms with Gasteiger partial charge in [-0.25, -0.2) is 0 Å². The predicted molar refractivity (Wildman–Crippen MR) is 102 cm³/mol. The number of hydrogen-bond acceptors (Lipinski definition) is 5. The number of methoxy groups -OCH3 is 1. The molecule has 0 aliphatic heterocycles. The summed E-state index contributed by atoms with van der Waals surface area (Å²) >= 11 is 0. The lowest BCUT2D eigenvalue weighted by Crippen LogP contribution is -2.22. The molecule has 0 spiro atoms. The van der Waals surface area contributed by atoms with Crippen molar-refractivity contribution in [2.24, 2.45) is 0 Å². The third-order valence-corrected chi connectivity index (χ3v) is 3.77. The number of esters is 1. The molecule has 0 bridgehead atoms. The number of nitrogens with one attached hydrogen (secondary N) is 2. The van der Waals surface area contributed by atoms with Gasteiger partial charge < -0.3 is 20.1 Å². The molecule has 0 aromatic heterocycles. The van der Waals surface area contributed by atoms with Crippen LogP contribution in [-0.2, 0) is 25.3 Å². The van der Waals surface area contributed by atoms with Crippen molar-refractivity contribution in [3.05, 3.63) is 54.1 Å². The van der Waals surface area contributed by atoms with Gasteiger partial charge in [0.2, 0.25) is 5.91 Å². The third-order valence-electron chi connectivity index (χ3n) is 3.77. The van der Waals surface area contributed by atoms with Crippen LogP contribution in [0.2, 0.25) is 0 Å². The van der Waals surface area contributed by atoms with Gasteiger partial charge in [-0.05, 0) is 42.5 Å². The van der Waals surface area contributed by atoms with E-state index in [1.807, 2.05) is 0 Å². The first kappa shape index (κ1) is 22.7. The number of anilines is 2. The second kappa shape index (κ2) is 10.3. The minimum Gasteiger partial charge on any atom is -0.497 e. The summed E-state index contributed by atoms with van der Waals surface area (Å²) in [5.74, 6) is -1.39. The van der Waals surface area contributed by atoms with Gasteiger partial charge in [0.1, 0.15) is 5.75 Å². The largest absolute Gasteiger partial charge is 0.497 e. The molecule has 0 heterocycles. The first-order chi connectivity index (χ1) is 14.2. The van der Waals surface area contributed by atoms with E-state index in [1.165, 1.54) is 13.2 Å². The molecule has 160 valence electrons. The van der Waals surface area contributed by atoms with Crippen molar-refractivity contribution in [1.29, 1.82) is 0 Å². The van der Waals surface area contributed by atoms with Crippen LogP contribution in [0.1, 0.15) is 18.4 Å². The Balaban J connectivity index is 1.72. The van der Waals surface area contributed by atoms with E-state index in [1.54, 1.807) is 24.3 Å². The lowest BCUT2D eigenvalue weighted by atomic mass is 10.2. The summed E-state index contributed by atoms with van der Waals surface area (Å²) in [6.45, 7) is -0.685. The van der Waals surface area contributed by atoms with Gasteiger partial charge in [-0.2, -0.15) is 13.2 Å². The minimum absolute atomic E-state index is 0.0789.